The summed E-state index contributed by atoms with van der Waals surface area (Å²) < 4.78 is 26.7. The van der Waals surface area contributed by atoms with E-state index >= 15 is 0 Å². The van der Waals surface area contributed by atoms with Crippen molar-refractivity contribution >= 4 is 33.3 Å². The summed E-state index contributed by atoms with van der Waals surface area (Å²) in [6, 6.07) is 13.4. The maximum absolute atomic E-state index is 14.0. The van der Waals surface area contributed by atoms with Crippen LogP contribution in [0.15, 0.2) is 48.5 Å². The van der Waals surface area contributed by atoms with Crippen LogP contribution in [0.2, 0.25) is 0 Å². The highest BCUT2D eigenvalue weighted by Gasteiger charge is 2.16. The van der Waals surface area contributed by atoms with Gasteiger partial charge in [-0.25, -0.2) is 9.37 Å². The highest BCUT2D eigenvalue weighted by atomic mass is 32.1. The lowest BCUT2D eigenvalue weighted by Crippen LogP contribution is -2.21. The zero-order valence-corrected chi connectivity index (χ0v) is 16.5. The van der Waals surface area contributed by atoms with Crippen LogP contribution < -0.4 is 14.8 Å². The van der Waals surface area contributed by atoms with Gasteiger partial charge in [-0.1, -0.05) is 17.4 Å². The maximum atomic E-state index is 14.0. The molecule has 7 nitrogen and oxygen atoms in total. The van der Waals surface area contributed by atoms with Crippen molar-refractivity contribution in [1.82, 2.24) is 14.8 Å². The van der Waals surface area contributed by atoms with E-state index in [0.29, 0.717) is 32.8 Å². The molecule has 0 saturated heterocycles. The van der Waals surface area contributed by atoms with Crippen LogP contribution in [-0.4, -0.2) is 34.4 Å². The Kier molecular flexibility index (Phi) is 5.13. The first kappa shape index (κ1) is 18.9. The van der Waals surface area contributed by atoms with Crippen LogP contribution in [0.3, 0.4) is 0 Å². The normalized spacial score (nSPS) is 10.9. The van der Waals surface area contributed by atoms with E-state index in [1.54, 1.807) is 56.5 Å². The Morgan fingerprint density at radius 2 is 1.97 bits per heavy atom. The van der Waals surface area contributed by atoms with Gasteiger partial charge in [0.15, 0.2) is 6.61 Å². The zero-order valence-electron chi connectivity index (χ0n) is 15.7. The molecule has 2 aromatic heterocycles. The molecule has 29 heavy (non-hydrogen) atoms. The van der Waals surface area contributed by atoms with E-state index in [2.05, 4.69) is 15.4 Å². The Morgan fingerprint density at radius 3 is 2.69 bits per heavy atom. The van der Waals surface area contributed by atoms with E-state index in [1.807, 2.05) is 0 Å². The minimum Gasteiger partial charge on any atom is -0.497 e. The van der Waals surface area contributed by atoms with Gasteiger partial charge in [0.25, 0.3) is 5.91 Å². The van der Waals surface area contributed by atoms with Gasteiger partial charge in [-0.3, -0.25) is 4.79 Å². The van der Waals surface area contributed by atoms with E-state index in [0.717, 1.165) is 0 Å². The summed E-state index contributed by atoms with van der Waals surface area (Å²) in [5.74, 6) is 0.938. The molecular formula is C20H17FN4O3S. The highest BCUT2D eigenvalue weighted by Crippen LogP contribution is 2.28. The summed E-state index contributed by atoms with van der Waals surface area (Å²) in [7, 11) is 1.58. The maximum Gasteiger partial charge on any atom is 0.263 e. The summed E-state index contributed by atoms with van der Waals surface area (Å²) >= 11 is 1.29. The zero-order chi connectivity index (χ0) is 20.4. The number of carbonyl (C=O) groups excluding carboxylic acids is 1. The molecule has 0 aliphatic rings. The quantitative estimate of drug-likeness (QED) is 0.519. The smallest absolute Gasteiger partial charge is 0.263 e. The average molecular weight is 412 g/mol. The second-order valence-corrected chi connectivity index (χ2v) is 7.19. The fraction of sp³-hybridized carbons (Fsp3) is 0.150. The van der Waals surface area contributed by atoms with Gasteiger partial charge < -0.3 is 14.8 Å². The van der Waals surface area contributed by atoms with E-state index < -0.39 is 5.82 Å². The SMILES string of the molecule is COc1ccc(OCC(=O)Nc2cc(C)nn2-c2nc3c(F)cccc3s2)cc1. The van der Waals surface area contributed by atoms with Gasteiger partial charge in [0.05, 0.1) is 17.5 Å². The number of nitrogens with zero attached hydrogens (tertiary/aromatic N) is 3. The largest absolute Gasteiger partial charge is 0.497 e. The molecule has 9 heteroatoms. The fourth-order valence-electron chi connectivity index (χ4n) is 2.73. The molecule has 0 aliphatic heterocycles. The van der Waals surface area contributed by atoms with Gasteiger partial charge in [-0.2, -0.15) is 9.78 Å². The van der Waals surface area contributed by atoms with Crippen LogP contribution in [0.25, 0.3) is 15.3 Å². The van der Waals surface area contributed by atoms with Crippen molar-refractivity contribution in [1.29, 1.82) is 0 Å². The molecule has 2 heterocycles. The summed E-state index contributed by atoms with van der Waals surface area (Å²) in [5, 5.41) is 7.60. The molecule has 4 rings (SSSR count). The number of nitrogens with one attached hydrogen (secondary N) is 1. The number of aryl methyl sites for hydroxylation is 1. The number of amides is 1. The Balaban J connectivity index is 1.50. The predicted octanol–water partition coefficient (Wildman–Crippen LogP) is 3.96. The number of hydrogen-bond donors (Lipinski definition) is 1. The number of thiazole rings is 1. The van der Waals surface area contributed by atoms with Crippen molar-refractivity contribution in [3.8, 4) is 16.6 Å². The van der Waals surface area contributed by atoms with Crippen molar-refractivity contribution in [2.24, 2.45) is 0 Å². The molecule has 2 aromatic carbocycles. The van der Waals surface area contributed by atoms with Crippen LogP contribution >= 0.6 is 11.3 Å². The number of para-hydroxylation sites is 1. The second kappa shape index (κ2) is 7.88. The summed E-state index contributed by atoms with van der Waals surface area (Å²) in [4.78, 5) is 16.7. The molecule has 1 amide bonds. The fourth-order valence-corrected chi connectivity index (χ4v) is 3.67. The number of benzene rings is 2. The van der Waals surface area contributed by atoms with E-state index in [-0.39, 0.29) is 18.0 Å². The Bertz CT molecular complexity index is 1170. The van der Waals surface area contributed by atoms with Gasteiger partial charge in [0, 0.05) is 6.07 Å². The summed E-state index contributed by atoms with van der Waals surface area (Å²) in [6.45, 7) is 1.62. The Labute approximate surface area is 169 Å². The van der Waals surface area contributed by atoms with Crippen molar-refractivity contribution in [2.75, 3.05) is 19.0 Å². The number of ether oxygens (including phenoxy) is 2. The lowest BCUT2D eigenvalue weighted by atomic mass is 10.3. The van der Waals surface area contributed by atoms with Crippen molar-refractivity contribution in [3.05, 3.63) is 60.0 Å². The highest BCUT2D eigenvalue weighted by molar-refractivity contribution is 7.20. The molecule has 4 aromatic rings. The van der Waals surface area contributed by atoms with Crippen LogP contribution in [0.1, 0.15) is 5.69 Å². The van der Waals surface area contributed by atoms with Crippen LogP contribution in [0.4, 0.5) is 10.2 Å². The van der Waals surface area contributed by atoms with Gasteiger partial charge >= 0.3 is 0 Å². The van der Waals surface area contributed by atoms with Gasteiger partial charge in [0.1, 0.15) is 28.7 Å². The first-order valence-electron chi connectivity index (χ1n) is 8.72. The number of carbonyl (C=O) groups is 1. The molecule has 1 N–H and O–H groups in total. The number of halogens is 1. The molecule has 0 aliphatic carbocycles. The molecular weight excluding hydrogens is 395 g/mol. The number of anilines is 1. The first-order chi connectivity index (χ1) is 14.0. The molecule has 0 fully saturated rings. The number of fused-ring (bicyclic) bond motifs is 1. The van der Waals surface area contributed by atoms with Crippen LogP contribution in [0, 0.1) is 12.7 Å². The summed E-state index contributed by atoms with van der Waals surface area (Å²) in [6.07, 6.45) is 0. The Morgan fingerprint density at radius 1 is 1.21 bits per heavy atom. The van der Waals surface area contributed by atoms with Crippen molar-refractivity contribution < 1.29 is 18.7 Å². The molecule has 0 bridgehead atoms. The van der Waals surface area contributed by atoms with Gasteiger partial charge in [0.2, 0.25) is 5.13 Å². The average Bonchev–Trinajstić information content (AvgIpc) is 3.31. The molecule has 0 spiro atoms. The third-order valence-electron chi connectivity index (χ3n) is 4.07. The molecule has 0 unspecified atom stereocenters. The number of methoxy groups -OCH3 is 1. The van der Waals surface area contributed by atoms with Crippen LogP contribution in [-0.2, 0) is 4.79 Å². The topological polar surface area (TPSA) is 78.3 Å². The summed E-state index contributed by atoms with van der Waals surface area (Å²) in [5.41, 5.74) is 0.969. The standard InChI is InChI=1S/C20H17FN4O3S/c1-12-10-17(22-18(26)11-28-14-8-6-13(27-2)7-9-14)25(24-12)20-23-19-15(21)4-3-5-16(19)29-20/h3-10H,11H2,1-2H3,(H,22,26). The first-order valence-corrected chi connectivity index (χ1v) is 9.54. The van der Waals surface area contributed by atoms with E-state index in [1.165, 1.54) is 22.1 Å². The van der Waals surface area contributed by atoms with E-state index in [9.17, 15) is 9.18 Å². The second-order valence-electron chi connectivity index (χ2n) is 6.18. The third kappa shape index (κ3) is 4.04. The number of hydrogen-bond acceptors (Lipinski definition) is 6. The molecule has 0 radical (unpaired) electrons. The minimum absolute atomic E-state index is 0.176. The van der Waals surface area contributed by atoms with Gasteiger partial charge in [-0.05, 0) is 43.3 Å². The van der Waals surface area contributed by atoms with Crippen LogP contribution in [0.5, 0.6) is 11.5 Å². The number of aromatic nitrogens is 3. The van der Waals surface area contributed by atoms with Crippen molar-refractivity contribution in [3.63, 3.8) is 0 Å². The molecule has 148 valence electrons. The van der Waals surface area contributed by atoms with E-state index in [4.69, 9.17) is 9.47 Å². The monoisotopic (exact) mass is 412 g/mol. The van der Waals surface area contributed by atoms with Gasteiger partial charge in [-0.15, -0.1) is 0 Å². The Hall–Kier alpha value is -3.46. The molecule has 0 saturated carbocycles. The third-order valence-corrected chi connectivity index (χ3v) is 5.06. The minimum atomic E-state index is -0.396. The lowest BCUT2D eigenvalue weighted by molar-refractivity contribution is -0.118. The predicted molar refractivity (Wildman–Crippen MR) is 109 cm³/mol. The lowest BCUT2D eigenvalue weighted by Gasteiger charge is -2.08. The number of rotatable bonds is 6. The molecule has 0 atom stereocenters. The van der Waals surface area contributed by atoms with Crippen molar-refractivity contribution in [2.45, 2.75) is 6.92 Å².